The topological polar surface area (TPSA) is 115 Å². The molecule has 2 N–H and O–H groups in total. The van der Waals surface area contributed by atoms with Gasteiger partial charge < -0.3 is 24.6 Å². The van der Waals surface area contributed by atoms with E-state index in [4.69, 9.17) is 10.2 Å². The van der Waals surface area contributed by atoms with Gasteiger partial charge in [-0.05, 0) is 12.8 Å². The van der Waals surface area contributed by atoms with Crippen LogP contribution in [0.5, 0.6) is 0 Å². The van der Waals surface area contributed by atoms with E-state index in [1.807, 2.05) is 12.2 Å². The Hall–Kier alpha value is -1.89. The Bertz CT molecular complexity index is 406. The lowest BCUT2D eigenvalue weighted by Gasteiger charge is -2.35. The van der Waals surface area contributed by atoms with Gasteiger partial charge in [-0.15, -0.1) is 0 Å². The Kier molecular flexibility index (Phi) is 12.4. The van der Waals surface area contributed by atoms with Crippen molar-refractivity contribution in [2.24, 2.45) is 0 Å². The molecule has 0 heterocycles. The minimum Gasteiger partial charge on any atom is -0.544 e. The Morgan fingerprint density at radius 1 is 0.840 bits per heavy atom. The van der Waals surface area contributed by atoms with Gasteiger partial charge in [0, 0.05) is 6.42 Å². The zero-order valence-electron chi connectivity index (χ0n) is 15.1. The van der Waals surface area contributed by atoms with E-state index in [0.29, 0.717) is 6.42 Å². The number of nitrogens with zero attached hydrogens (tertiary/aromatic N) is 1. The van der Waals surface area contributed by atoms with Crippen molar-refractivity contribution in [1.82, 2.24) is 0 Å². The SMILES string of the molecule is CCCCCCCC/C=C/CC[N+](CC(=O)[O-])(CC(=O)O)CC(=O)O. The van der Waals surface area contributed by atoms with Gasteiger partial charge in [-0.3, -0.25) is 0 Å². The van der Waals surface area contributed by atoms with E-state index in [1.165, 1.54) is 32.1 Å². The second kappa shape index (κ2) is 13.4. The molecule has 0 aliphatic rings. The molecule has 0 saturated heterocycles. The van der Waals surface area contributed by atoms with Crippen LogP contribution < -0.4 is 5.11 Å². The van der Waals surface area contributed by atoms with Gasteiger partial charge in [0.2, 0.25) is 0 Å². The summed E-state index contributed by atoms with van der Waals surface area (Å²) in [6, 6.07) is 0. The van der Waals surface area contributed by atoms with E-state index in [2.05, 4.69) is 6.92 Å². The third-order valence-corrected chi connectivity index (χ3v) is 4.07. The van der Waals surface area contributed by atoms with Crippen LogP contribution in [0.3, 0.4) is 0 Å². The predicted molar refractivity (Wildman–Crippen MR) is 91.8 cm³/mol. The van der Waals surface area contributed by atoms with Crippen molar-refractivity contribution in [3.8, 4) is 0 Å². The summed E-state index contributed by atoms with van der Waals surface area (Å²) in [5.74, 6) is -3.89. The van der Waals surface area contributed by atoms with Crippen LogP contribution >= 0.6 is 0 Å². The second-order valence-electron chi connectivity index (χ2n) is 6.52. The highest BCUT2D eigenvalue weighted by Crippen LogP contribution is 2.10. The fraction of sp³-hybridized carbons (Fsp3) is 0.722. The van der Waals surface area contributed by atoms with Gasteiger partial charge in [0.1, 0.15) is 6.54 Å². The molecule has 0 bridgehead atoms. The average molecular weight is 357 g/mol. The second-order valence-corrected chi connectivity index (χ2v) is 6.52. The summed E-state index contributed by atoms with van der Waals surface area (Å²) in [7, 11) is 0. The van der Waals surface area contributed by atoms with Crippen LogP contribution in [0.2, 0.25) is 0 Å². The summed E-state index contributed by atoms with van der Waals surface area (Å²) in [5.41, 5.74) is 0. The van der Waals surface area contributed by atoms with Crippen molar-refractivity contribution in [3.05, 3.63) is 12.2 Å². The monoisotopic (exact) mass is 357 g/mol. The normalized spacial score (nSPS) is 11.7. The Labute approximate surface area is 149 Å². The molecule has 0 radical (unpaired) electrons. The third-order valence-electron chi connectivity index (χ3n) is 4.07. The molecule has 0 saturated carbocycles. The lowest BCUT2D eigenvalue weighted by Crippen LogP contribution is -2.59. The van der Waals surface area contributed by atoms with Crippen molar-refractivity contribution in [2.75, 3.05) is 26.2 Å². The van der Waals surface area contributed by atoms with Gasteiger partial charge in [0.15, 0.2) is 13.1 Å². The molecule has 0 spiro atoms. The minimum absolute atomic E-state index is 0.138. The molecular formula is C18H31NO6. The predicted octanol–water partition coefficient (Wildman–Crippen LogP) is 1.42. The molecule has 25 heavy (non-hydrogen) atoms. The molecule has 0 aromatic heterocycles. The summed E-state index contributed by atoms with van der Waals surface area (Å²) in [5, 5.41) is 28.9. The fourth-order valence-electron chi connectivity index (χ4n) is 2.88. The van der Waals surface area contributed by atoms with E-state index in [0.717, 1.165) is 12.8 Å². The first-order chi connectivity index (χ1) is 11.8. The van der Waals surface area contributed by atoms with Crippen LogP contribution in [-0.4, -0.2) is 58.8 Å². The maximum atomic E-state index is 11.0. The number of hydrogen-bond donors (Lipinski definition) is 2. The maximum Gasteiger partial charge on any atom is 0.359 e. The molecule has 0 unspecified atom stereocenters. The molecule has 0 aliphatic carbocycles. The van der Waals surface area contributed by atoms with Crippen LogP contribution in [0, 0.1) is 0 Å². The van der Waals surface area contributed by atoms with Gasteiger partial charge in [-0.2, -0.15) is 0 Å². The van der Waals surface area contributed by atoms with E-state index in [9.17, 15) is 19.5 Å². The van der Waals surface area contributed by atoms with Crippen LogP contribution in [0.15, 0.2) is 12.2 Å². The molecule has 0 amide bonds. The van der Waals surface area contributed by atoms with Crippen molar-refractivity contribution >= 4 is 17.9 Å². The first-order valence-electron chi connectivity index (χ1n) is 8.95. The van der Waals surface area contributed by atoms with Crippen LogP contribution in [-0.2, 0) is 14.4 Å². The van der Waals surface area contributed by atoms with E-state index >= 15 is 0 Å². The molecule has 0 aliphatic heterocycles. The number of allylic oxidation sites excluding steroid dienone is 1. The Morgan fingerprint density at radius 2 is 1.36 bits per heavy atom. The molecule has 0 aromatic rings. The van der Waals surface area contributed by atoms with Gasteiger partial charge in [-0.1, -0.05) is 51.2 Å². The fourth-order valence-corrected chi connectivity index (χ4v) is 2.88. The first-order valence-corrected chi connectivity index (χ1v) is 8.95. The summed E-state index contributed by atoms with van der Waals surface area (Å²) in [6.07, 6.45) is 12.5. The summed E-state index contributed by atoms with van der Waals surface area (Å²) >= 11 is 0. The van der Waals surface area contributed by atoms with Crippen LogP contribution in [0.4, 0.5) is 0 Å². The molecule has 7 heteroatoms. The van der Waals surface area contributed by atoms with Gasteiger partial charge >= 0.3 is 11.9 Å². The lowest BCUT2D eigenvalue weighted by molar-refractivity contribution is -0.908. The lowest BCUT2D eigenvalue weighted by atomic mass is 10.1. The molecule has 0 rings (SSSR count). The number of carboxylic acid groups (broad SMARTS) is 3. The van der Waals surface area contributed by atoms with Crippen LogP contribution in [0.1, 0.15) is 58.3 Å². The number of carbonyl (C=O) groups is 3. The molecule has 0 atom stereocenters. The largest absolute Gasteiger partial charge is 0.544 e. The highest BCUT2D eigenvalue weighted by Gasteiger charge is 2.32. The molecule has 144 valence electrons. The van der Waals surface area contributed by atoms with Crippen molar-refractivity contribution in [1.29, 1.82) is 0 Å². The van der Waals surface area contributed by atoms with Crippen LogP contribution in [0.25, 0.3) is 0 Å². The van der Waals surface area contributed by atoms with Crippen molar-refractivity contribution < 1.29 is 34.2 Å². The average Bonchev–Trinajstić information content (AvgIpc) is 2.47. The minimum atomic E-state index is -1.45. The van der Waals surface area contributed by atoms with Gasteiger partial charge in [0.25, 0.3) is 0 Å². The molecule has 0 aromatic carbocycles. The van der Waals surface area contributed by atoms with E-state index < -0.39 is 42.0 Å². The molecule has 0 fully saturated rings. The highest BCUT2D eigenvalue weighted by molar-refractivity contribution is 5.72. The molecule has 7 nitrogen and oxygen atoms in total. The summed E-state index contributed by atoms with van der Waals surface area (Å²) < 4.78 is -0.547. The zero-order chi connectivity index (χ0) is 19.1. The van der Waals surface area contributed by atoms with Gasteiger partial charge in [0.05, 0.1) is 12.5 Å². The number of rotatable bonds is 16. The van der Waals surface area contributed by atoms with Gasteiger partial charge in [-0.25, -0.2) is 9.59 Å². The zero-order valence-corrected chi connectivity index (χ0v) is 15.1. The third kappa shape index (κ3) is 13.1. The number of unbranched alkanes of at least 4 members (excludes halogenated alkanes) is 6. The number of carboxylic acids is 3. The summed E-state index contributed by atoms with van der Waals surface area (Å²) in [4.78, 5) is 33.0. The number of carbonyl (C=O) groups excluding carboxylic acids is 1. The van der Waals surface area contributed by atoms with E-state index in [-0.39, 0.29) is 6.54 Å². The maximum absolute atomic E-state index is 11.0. The number of hydrogen-bond acceptors (Lipinski definition) is 4. The standard InChI is InChI=1S/C18H31NO6/c1-2-3-4-5-6-7-8-9-10-11-12-19(13-16(20)21,14-17(22)23)15-18(24)25/h9-10H,2-8,11-15H2,1H3,(H2-,20,21,22,23,24,25)/b10-9+. The first kappa shape index (κ1) is 23.1. The van der Waals surface area contributed by atoms with E-state index in [1.54, 1.807) is 0 Å². The Balaban J connectivity index is 4.40. The number of quaternary nitrogens is 1. The Morgan fingerprint density at radius 3 is 1.88 bits per heavy atom. The highest BCUT2D eigenvalue weighted by atomic mass is 16.4. The smallest absolute Gasteiger partial charge is 0.359 e. The van der Waals surface area contributed by atoms with Crippen molar-refractivity contribution in [3.63, 3.8) is 0 Å². The van der Waals surface area contributed by atoms with Crippen molar-refractivity contribution in [2.45, 2.75) is 58.3 Å². The quantitative estimate of drug-likeness (QED) is 0.245. The summed E-state index contributed by atoms with van der Waals surface area (Å²) in [6.45, 7) is 0.594. The number of aliphatic carboxylic acids is 3. The molecular weight excluding hydrogens is 326 g/mol.